The van der Waals surface area contributed by atoms with Gasteiger partial charge >= 0.3 is 5.97 Å². The number of carboxylic acid groups (broad SMARTS) is 1. The molecule has 1 aromatic rings. The number of benzene rings is 1. The van der Waals surface area contributed by atoms with E-state index in [2.05, 4.69) is 0 Å². The van der Waals surface area contributed by atoms with E-state index in [-0.39, 0.29) is 27.8 Å². The molecule has 0 aliphatic carbocycles. The van der Waals surface area contributed by atoms with Gasteiger partial charge in [-0.05, 0) is 18.2 Å². The average Bonchev–Trinajstić information content (AvgIpc) is 2.28. The van der Waals surface area contributed by atoms with Gasteiger partial charge in [-0.2, -0.15) is 0 Å². The van der Waals surface area contributed by atoms with Gasteiger partial charge in [0.2, 0.25) is 11.8 Å². The highest BCUT2D eigenvalue weighted by molar-refractivity contribution is 8.00. The quantitative estimate of drug-likeness (QED) is 0.836. The number of carbonyl (C=O) groups excluding carboxylic acids is 2. The van der Waals surface area contributed by atoms with Crippen molar-refractivity contribution >= 4 is 46.8 Å². The third kappa shape index (κ3) is 2.34. The number of aromatic carboxylic acids is 1. The van der Waals surface area contributed by atoms with Crippen LogP contribution < -0.4 is 4.90 Å². The minimum atomic E-state index is -1.21. The monoisotopic (exact) mass is 285 g/mol. The van der Waals surface area contributed by atoms with E-state index in [0.717, 1.165) is 4.90 Å². The van der Waals surface area contributed by atoms with Crippen molar-refractivity contribution in [1.82, 2.24) is 0 Å². The molecule has 1 saturated heterocycles. The summed E-state index contributed by atoms with van der Waals surface area (Å²) in [5.41, 5.74) is -0.0849. The van der Waals surface area contributed by atoms with Gasteiger partial charge < -0.3 is 5.11 Å². The summed E-state index contributed by atoms with van der Waals surface area (Å²) in [7, 11) is 0. The van der Waals surface area contributed by atoms with Crippen LogP contribution >= 0.6 is 23.4 Å². The van der Waals surface area contributed by atoms with Crippen molar-refractivity contribution in [1.29, 1.82) is 0 Å². The second-order valence-corrected chi connectivity index (χ2v) is 5.00. The molecule has 0 bridgehead atoms. The Labute approximate surface area is 112 Å². The first-order valence-corrected chi connectivity index (χ1v) is 6.50. The Morgan fingerprint density at radius 2 is 1.89 bits per heavy atom. The fourth-order valence-electron chi connectivity index (χ4n) is 1.63. The fourth-order valence-corrected chi connectivity index (χ4v) is 2.51. The predicted molar refractivity (Wildman–Crippen MR) is 68.2 cm³/mol. The van der Waals surface area contributed by atoms with Gasteiger partial charge in [0, 0.05) is 5.02 Å². The van der Waals surface area contributed by atoms with Gasteiger partial charge in [-0.1, -0.05) is 11.6 Å². The predicted octanol–water partition coefficient (Wildman–Crippen LogP) is 1.64. The Morgan fingerprint density at radius 3 is 2.44 bits per heavy atom. The number of thioether (sulfide) groups is 1. The van der Waals surface area contributed by atoms with Gasteiger partial charge in [-0.15, -0.1) is 11.8 Å². The van der Waals surface area contributed by atoms with Crippen molar-refractivity contribution in [2.45, 2.75) is 0 Å². The van der Waals surface area contributed by atoms with Crippen LogP contribution in [0.1, 0.15) is 10.4 Å². The summed E-state index contributed by atoms with van der Waals surface area (Å²) in [6, 6.07) is 4.00. The van der Waals surface area contributed by atoms with E-state index in [0.29, 0.717) is 0 Å². The first kappa shape index (κ1) is 12.9. The summed E-state index contributed by atoms with van der Waals surface area (Å²) in [6.45, 7) is 0. The number of halogens is 1. The molecule has 0 unspecified atom stereocenters. The number of anilines is 1. The van der Waals surface area contributed by atoms with Crippen LogP contribution in [-0.2, 0) is 9.59 Å². The summed E-state index contributed by atoms with van der Waals surface area (Å²) < 4.78 is 0. The highest BCUT2D eigenvalue weighted by Crippen LogP contribution is 2.28. The molecule has 7 heteroatoms. The Hall–Kier alpha value is -1.53. The molecule has 2 amide bonds. The summed E-state index contributed by atoms with van der Waals surface area (Å²) in [6.07, 6.45) is 0. The molecule has 1 N–H and O–H groups in total. The molecule has 18 heavy (non-hydrogen) atoms. The van der Waals surface area contributed by atoms with E-state index in [1.54, 1.807) is 0 Å². The lowest BCUT2D eigenvalue weighted by atomic mass is 10.1. The first-order valence-electron chi connectivity index (χ1n) is 4.97. The number of carbonyl (C=O) groups is 3. The van der Waals surface area contributed by atoms with Gasteiger partial charge in [0.1, 0.15) is 0 Å². The normalized spacial score (nSPS) is 15.9. The summed E-state index contributed by atoms with van der Waals surface area (Å²) >= 11 is 7.00. The summed E-state index contributed by atoms with van der Waals surface area (Å²) in [5.74, 6) is -1.77. The van der Waals surface area contributed by atoms with E-state index in [9.17, 15) is 14.4 Å². The van der Waals surface area contributed by atoms with Crippen LogP contribution in [0.25, 0.3) is 0 Å². The van der Waals surface area contributed by atoms with Crippen molar-refractivity contribution < 1.29 is 19.5 Å². The van der Waals surface area contributed by atoms with E-state index >= 15 is 0 Å². The molecule has 0 saturated carbocycles. The second kappa shape index (κ2) is 4.99. The highest BCUT2D eigenvalue weighted by Gasteiger charge is 2.30. The van der Waals surface area contributed by atoms with Gasteiger partial charge in [0.05, 0.1) is 22.8 Å². The van der Waals surface area contributed by atoms with Crippen LogP contribution in [-0.4, -0.2) is 34.4 Å². The third-order valence-electron chi connectivity index (χ3n) is 2.38. The first-order chi connectivity index (χ1) is 8.50. The van der Waals surface area contributed by atoms with Gasteiger partial charge in [0.25, 0.3) is 0 Å². The average molecular weight is 286 g/mol. The number of nitrogens with zero attached hydrogens (tertiary/aromatic N) is 1. The molecule has 0 aromatic heterocycles. The van der Waals surface area contributed by atoms with Crippen molar-refractivity contribution in [3.05, 3.63) is 28.8 Å². The maximum absolute atomic E-state index is 11.7. The summed E-state index contributed by atoms with van der Waals surface area (Å²) in [5, 5.41) is 9.33. The molecule has 94 valence electrons. The van der Waals surface area contributed by atoms with Crippen LogP contribution in [0.15, 0.2) is 18.2 Å². The number of carboxylic acids is 1. The zero-order valence-electron chi connectivity index (χ0n) is 9.05. The lowest BCUT2D eigenvalue weighted by molar-refractivity contribution is -0.124. The van der Waals surface area contributed by atoms with E-state index in [4.69, 9.17) is 16.7 Å². The second-order valence-electron chi connectivity index (χ2n) is 3.58. The van der Waals surface area contributed by atoms with Gasteiger partial charge in [-0.25, -0.2) is 9.69 Å². The minimum Gasteiger partial charge on any atom is -0.478 e. The molecule has 1 fully saturated rings. The van der Waals surface area contributed by atoms with E-state index in [1.807, 2.05) is 0 Å². The van der Waals surface area contributed by atoms with Crippen LogP contribution in [0.4, 0.5) is 5.69 Å². The summed E-state index contributed by atoms with van der Waals surface area (Å²) in [4.78, 5) is 35.5. The maximum atomic E-state index is 11.7. The highest BCUT2D eigenvalue weighted by atomic mass is 35.5. The van der Waals surface area contributed by atoms with Crippen LogP contribution in [0.5, 0.6) is 0 Å². The Kier molecular flexibility index (Phi) is 3.58. The standard InChI is InChI=1S/C11H8ClNO4S/c12-6-1-2-7(11(16)17)8(3-6)13-9(14)4-18-5-10(13)15/h1-3H,4-5H2,(H,16,17). The number of hydrogen-bond donors (Lipinski definition) is 1. The number of hydrogen-bond acceptors (Lipinski definition) is 4. The van der Waals surface area contributed by atoms with Crippen molar-refractivity contribution in [3.63, 3.8) is 0 Å². The maximum Gasteiger partial charge on any atom is 0.337 e. The molecule has 0 spiro atoms. The molecule has 0 radical (unpaired) electrons. The van der Waals surface area contributed by atoms with Crippen LogP contribution in [0, 0.1) is 0 Å². The minimum absolute atomic E-state index is 0.0327. The Morgan fingerprint density at radius 1 is 1.28 bits per heavy atom. The molecule has 5 nitrogen and oxygen atoms in total. The Balaban J connectivity index is 2.54. The number of imide groups is 1. The van der Waals surface area contributed by atoms with E-state index < -0.39 is 17.8 Å². The fraction of sp³-hybridized carbons (Fsp3) is 0.182. The zero-order chi connectivity index (χ0) is 13.3. The molecular weight excluding hydrogens is 278 g/mol. The molecular formula is C11H8ClNO4S. The topological polar surface area (TPSA) is 74.7 Å². The molecule has 0 atom stereocenters. The lowest BCUT2D eigenvalue weighted by Crippen LogP contribution is -2.43. The van der Waals surface area contributed by atoms with Gasteiger partial charge in [0.15, 0.2) is 0 Å². The molecule has 1 aromatic carbocycles. The third-order valence-corrected chi connectivity index (χ3v) is 3.52. The molecule has 1 heterocycles. The van der Waals surface area contributed by atoms with Crippen LogP contribution in [0.2, 0.25) is 5.02 Å². The molecule has 2 rings (SSSR count). The SMILES string of the molecule is O=C(O)c1ccc(Cl)cc1N1C(=O)CSCC1=O. The zero-order valence-corrected chi connectivity index (χ0v) is 10.6. The van der Waals surface area contributed by atoms with Crippen molar-refractivity contribution in [3.8, 4) is 0 Å². The largest absolute Gasteiger partial charge is 0.478 e. The molecule has 1 aliphatic rings. The van der Waals surface area contributed by atoms with Crippen molar-refractivity contribution in [2.24, 2.45) is 0 Å². The lowest BCUT2D eigenvalue weighted by Gasteiger charge is -2.25. The smallest absolute Gasteiger partial charge is 0.337 e. The molecule has 1 aliphatic heterocycles. The Bertz CT molecular complexity index is 530. The van der Waals surface area contributed by atoms with Crippen LogP contribution in [0.3, 0.4) is 0 Å². The number of rotatable bonds is 2. The van der Waals surface area contributed by atoms with E-state index in [1.165, 1.54) is 30.0 Å². The van der Waals surface area contributed by atoms with Gasteiger partial charge in [-0.3, -0.25) is 9.59 Å². The number of amides is 2. The van der Waals surface area contributed by atoms with Crippen molar-refractivity contribution in [2.75, 3.05) is 16.4 Å².